The van der Waals surface area contributed by atoms with E-state index in [-0.39, 0.29) is 17.8 Å². The van der Waals surface area contributed by atoms with Crippen LogP contribution < -0.4 is 10.1 Å². The summed E-state index contributed by atoms with van der Waals surface area (Å²) in [5.74, 6) is -0.812. The minimum atomic E-state index is -4.83. The van der Waals surface area contributed by atoms with Gasteiger partial charge in [-0.3, -0.25) is 0 Å². The number of nitriles is 1. The number of likely N-dealkylation sites (tertiary alicyclic amines) is 1. The van der Waals surface area contributed by atoms with E-state index in [1.807, 2.05) is 0 Å². The van der Waals surface area contributed by atoms with Crippen molar-refractivity contribution in [2.45, 2.75) is 43.8 Å². The second-order valence-corrected chi connectivity index (χ2v) is 8.29. The van der Waals surface area contributed by atoms with Crippen LogP contribution in [-0.4, -0.2) is 50.4 Å². The third kappa shape index (κ3) is 3.91. The highest BCUT2D eigenvalue weighted by Gasteiger charge is 2.53. The molecule has 1 N–H and O–H groups in total. The van der Waals surface area contributed by atoms with Gasteiger partial charge >= 0.3 is 12.4 Å². The van der Waals surface area contributed by atoms with Gasteiger partial charge in [-0.15, -0.1) is 11.7 Å². The Bertz CT molecular complexity index is 1090. The molecule has 1 aliphatic carbocycles. The average Bonchev–Trinajstić information content (AvgIpc) is 3.20. The Kier molecular flexibility index (Phi) is 5.37. The van der Waals surface area contributed by atoms with E-state index in [2.05, 4.69) is 28.2 Å². The Labute approximate surface area is 184 Å². The van der Waals surface area contributed by atoms with Gasteiger partial charge in [0.2, 0.25) is 5.95 Å². The van der Waals surface area contributed by atoms with E-state index in [9.17, 15) is 31.6 Å². The molecule has 2 aromatic rings. The van der Waals surface area contributed by atoms with Gasteiger partial charge in [-0.2, -0.15) is 36.6 Å². The van der Waals surface area contributed by atoms with E-state index < -0.39 is 41.1 Å². The molecule has 7 nitrogen and oxygen atoms in total. The van der Waals surface area contributed by atoms with Gasteiger partial charge in [0.25, 0.3) is 0 Å². The van der Waals surface area contributed by atoms with Crippen LogP contribution in [0.3, 0.4) is 0 Å². The molecule has 4 rings (SSSR count). The number of alkyl halides is 6. The summed E-state index contributed by atoms with van der Waals surface area (Å²) in [6.07, 6.45) is -6.51. The van der Waals surface area contributed by atoms with Crippen LogP contribution in [0.25, 0.3) is 5.65 Å². The molecule has 0 aromatic carbocycles. The Balaban J connectivity index is 1.76. The van der Waals surface area contributed by atoms with Gasteiger partial charge < -0.3 is 15.0 Å². The Morgan fingerprint density at radius 3 is 2.39 bits per heavy atom. The molecule has 2 fully saturated rings. The maximum atomic E-state index is 13.5. The third-order valence-corrected chi connectivity index (χ3v) is 6.41. The first-order valence-corrected chi connectivity index (χ1v) is 10.2. The number of anilines is 1. The number of nitrogens with zero attached hydrogens (tertiary/aromatic N) is 5. The Morgan fingerprint density at radius 1 is 1.24 bits per heavy atom. The zero-order valence-corrected chi connectivity index (χ0v) is 17.4. The van der Waals surface area contributed by atoms with Crippen LogP contribution in [0.5, 0.6) is 5.75 Å². The van der Waals surface area contributed by atoms with Gasteiger partial charge in [0.1, 0.15) is 5.69 Å². The van der Waals surface area contributed by atoms with E-state index in [1.54, 1.807) is 11.0 Å². The van der Waals surface area contributed by atoms with Gasteiger partial charge in [0.15, 0.2) is 23.7 Å². The average molecular weight is 474 g/mol. The van der Waals surface area contributed by atoms with Crippen molar-refractivity contribution in [2.24, 2.45) is 11.8 Å². The van der Waals surface area contributed by atoms with Gasteiger partial charge in [-0.1, -0.05) is 6.08 Å². The summed E-state index contributed by atoms with van der Waals surface area (Å²) in [5, 5.41) is 16.3. The third-order valence-electron chi connectivity index (χ3n) is 6.41. The van der Waals surface area contributed by atoms with Crippen molar-refractivity contribution in [2.75, 3.05) is 18.4 Å². The standard InChI is InChI=1S/C20H20F6N6O/c1-3-18(12-4-5-13(18)9-31(8-12)10-27)29-17-28-16-14(33-11(2)19(21,22)23)6-7-15(20(24,25)26)32(16)30-17/h3,6-7,11-13H,1,4-5,8-9H2,2H3,(H,29,30)/t11?,12-,13+,18-. The number of rotatable bonds is 5. The monoisotopic (exact) mass is 474 g/mol. The fourth-order valence-corrected chi connectivity index (χ4v) is 4.72. The number of halogens is 6. The zero-order valence-electron chi connectivity index (χ0n) is 17.4. The predicted octanol–water partition coefficient (Wildman–Crippen LogP) is 4.24. The molecular formula is C20H20F6N6O. The summed E-state index contributed by atoms with van der Waals surface area (Å²) in [4.78, 5) is 5.69. The lowest BCUT2D eigenvalue weighted by Gasteiger charge is -2.44. The molecule has 1 unspecified atom stereocenters. The number of fused-ring (bicyclic) bond motifs is 3. The highest BCUT2D eigenvalue weighted by Crippen LogP contribution is 2.47. The first-order valence-electron chi connectivity index (χ1n) is 10.2. The first kappa shape index (κ1) is 23.0. The first-order chi connectivity index (χ1) is 15.4. The van der Waals surface area contributed by atoms with Crippen molar-refractivity contribution in [3.63, 3.8) is 0 Å². The summed E-state index contributed by atoms with van der Waals surface area (Å²) in [7, 11) is 0. The normalized spacial score (nSPS) is 26.2. The van der Waals surface area contributed by atoms with E-state index in [0.29, 0.717) is 23.7 Å². The number of ether oxygens (including phenoxy) is 1. The quantitative estimate of drug-likeness (QED) is 0.397. The predicted molar refractivity (Wildman–Crippen MR) is 104 cm³/mol. The fourth-order valence-electron chi connectivity index (χ4n) is 4.72. The molecule has 3 heterocycles. The van der Waals surface area contributed by atoms with Crippen molar-refractivity contribution in [1.82, 2.24) is 19.5 Å². The molecule has 13 heteroatoms. The summed E-state index contributed by atoms with van der Waals surface area (Å²) in [6, 6.07) is 1.40. The molecule has 0 amide bonds. The smallest absolute Gasteiger partial charge is 0.433 e. The van der Waals surface area contributed by atoms with E-state index in [0.717, 1.165) is 25.8 Å². The number of nitrogens with one attached hydrogen (secondary N) is 1. The number of pyridine rings is 1. The number of aromatic nitrogens is 3. The lowest BCUT2D eigenvalue weighted by molar-refractivity contribution is -0.189. The van der Waals surface area contributed by atoms with Crippen LogP contribution in [0.15, 0.2) is 24.8 Å². The second kappa shape index (κ2) is 7.71. The molecule has 1 saturated heterocycles. The number of hydrogen-bond donors (Lipinski definition) is 1. The van der Waals surface area contributed by atoms with Gasteiger partial charge in [0, 0.05) is 24.9 Å². The maximum absolute atomic E-state index is 13.5. The minimum Gasteiger partial charge on any atom is -0.477 e. The topological polar surface area (TPSA) is 78.5 Å². The minimum absolute atomic E-state index is 0.0666. The lowest BCUT2D eigenvalue weighted by Crippen LogP contribution is -2.56. The molecular weight excluding hydrogens is 454 g/mol. The van der Waals surface area contributed by atoms with Crippen molar-refractivity contribution >= 4 is 11.6 Å². The van der Waals surface area contributed by atoms with Gasteiger partial charge in [-0.05, 0) is 31.9 Å². The number of piperidine rings is 1. The molecule has 33 heavy (non-hydrogen) atoms. The van der Waals surface area contributed by atoms with Gasteiger partial charge in [-0.25, -0.2) is 4.52 Å². The van der Waals surface area contributed by atoms with E-state index in [1.165, 1.54) is 0 Å². The van der Waals surface area contributed by atoms with Crippen molar-refractivity contribution < 1.29 is 31.1 Å². The van der Waals surface area contributed by atoms with Crippen molar-refractivity contribution in [1.29, 1.82) is 5.26 Å². The van der Waals surface area contributed by atoms with Crippen LogP contribution in [0.4, 0.5) is 32.3 Å². The molecule has 2 aliphatic rings. The molecule has 4 atom stereocenters. The van der Waals surface area contributed by atoms with E-state index in [4.69, 9.17) is 4.74 Å². The van der Waals surface area contributed by atoms with Crippen LogP contribution >= 0.6 is 0 Å². The van der Waals surface area contributed by atoms with Crippen LogP contribution in [-0.2, 0) is 6.18 Å². The highest BCUT2D eigenvalue weighted by atomic mass is 19.4. The molecule has 2 bridgehead atoms. The molecule has 178 valence electrons. The van der Waals surface area contributed by atoms with Crippen LogP contribution in [0, 0.1) is 23.3 Å². The molecule has 0 spiro atoms. The largest absolute Gasteiger partial charge is 0.477 e. The number of hydrogen-bond acceptors (Lipinski definition) is 6. The van der Waals surface area contributed by atoms with Crippen LogP contribution in [0.1, 0.15) is 25.5 Å². The molecule has 1 saturated carbocycles. The molecule has 2 aromatic heterocycles. The van der Waals surface area contributed by atoms with E-state index >= 15 is 0 Å². The van der Waals surface area contributed by atoms with Gasteiger partial charge in [0.05, 0.1) is 5.54 Å². The Hall–Kier alpha value is -3.17. The molecule has 0 radical (unpaired) electrons. The highest BCUT2D eigenvalue weighted by molar-refractivity contribution is 5.58. The summed E-state index contributed by atoms with van der Waals surface area (Å²) in [5.41, 5.74) is -2.47. The Morgan fingerprint density at radius 2 is 1.88 bits per heavy atom. The van der Waals surface area contributed by atoms with Crippen molar-refractivity contribution in [3.05, 3.63) is 30.5 Å². The summed E-state index contributed by atoms with van der Waals surface area (Å²) in [6.45, 7) is 5.50. The summed E-state index contributed by atoms with van der Waals surface area (Å²) < 4.78 is 84.9. The summed E-state index contributed by atoms with van der Waals surface area (Å²) >= 11 is 0. The maximum Gasteiger partial charge on any atom is 0.433 e. The van der Waals surface area contributed by atoms with Crippen molar-refractivity contribution in [3.8, 4) is 11.9 Å². The van der Waals surface area contributed by atoms with Crippen LogP contribution in [0.2, 0.25) is 0 Å². The zero-order chi connectivity index (χ0) is 24.2. The SMILES string of the molecule is C=C[C@@]1(Nc2nc3c(OC(C)C(F)(F)F)ccc(C(F)(F)F)n3n2)[C@@H]2CC[C@H]1CN(C#N)C2. The fraction of sp³-hybridized carbons (Fsp3) is 0.550. The molecule has 1 aliphatic heterocycles. The lowest BCUT2D eigenvalue weighted by atomic mass is 9.77. The second-order valence-electron chi connectivity index (χ2n) is 8.29.